The van der Waals surface area contributed by atoms with Crippen molar-refractivity contribution in [2.75, 3.05) is 14.0 Å². The summed E-state index contributed by atoms with van der Waals surface area (Å²) in [7, 11) is 1.20. The number of methoxy groups -OCH3 is 1. The van der Waals surface area contributed by atoms with Crippen LogP contribution in [0.1, 0.15) is 27.8 Å². The number of rotatable bonds is 8. The molecule has 0 radical (unpaired) electrons. The molecule has 1 atom stereocenters. The van der Waals surface area contributed by atoms with Crippen LogP contribution < -0.4 is 14.8 Å². The van der Waals surface area contributed by atoms with E-state index in [0.717, 1.165) is 18.2 Å². The summed E-state index contributed by atoms with van der Waals surface area (Å²) in [6.45, 7) is -1.26. The molecule has 2 heterocycles. The van der Waals surface area contributed by atoms with E-state index >= 15 is 0 Å². The molecule has 0 saturated carbocycles. The van der Waals surface area contributed by atoms with Gasteiger partial charge in [-0.3, -0.25) is 9.78 Å². The Morgan fingerprint density at radius 1 is 1.19 bits per heavy atom. The molecule has 0 unspecified atom stereocenters. The molecule has 3 aromatic rings. The zero-order valence-electron chi connectivity index (χ0n) is 16.4. The fourth-order valence-electron chi connectivity index (χ4n) is 2.85. The quantitative estimate of drug-likeness (QED) is 0.414. The Bertz CT molecular complexity index is 1160. The predicted molar refractivity (Wildman–Crippen MR) is 104 cm³/mol. The van der Waals surface area contributed by atoms with Gasteiger partial charge in [-0.05, 0) is 51.9 Å². The van der Waals surface area contributed by atoms with Crippen LogP contribution in [0.2, 0.25) is 0 Å². The number of nitro groups is 1. The van der Waals surface area contributed by atoms with Crippen molar-refractivity contribution in [3.05, 3.63) is 87.4 Å². The van der Waals surface area contributed by atoms with E-state index in [1.54, 1.807) is 0 Å². The van der Waals surface area contributed by atoms with Crippen molar-refractivity contribution >= 4 is 11.7 Å². The zero-order valence-corrected chi connectivity index (χ0v) is 16.4. The molecule has 166 valence electrons. The minimum Gasteiger partial charge on any atom is -0.489 e. The lowest BCUT2D eigenvalue weighted by Gasteiger charge is -2.19. The molecule has 0 aliphatic rings. The maximum atomic E-state index is 14.4. The third-order valence-corrected chi connectivity index (χ3v) is 4.30. The van der Waals surface area contributed by atoms with Gasteiger partial charge < -0.3 is 24.9 Å². The Kier molecular flexibility index (Phi) is 6.83. The molecular formula is C20H15F3N4O5. The van der Waals surface area contributed by atoms with Gasteiger partial charge in [0.25, 0.3) is 5.91 Å². The molecule has 0 spiro atoms. The lowest BCUT2D eigenvalue weighted by Crippen LogP contribution is -2.31. The number of pyridine rings is 2. The zero-order chi connectivity index (χ0) is 23.3. The highest BCUT2D eigenvalue weighted by atomic mass is 19.1. The van der Waals surface area contributed by atoms with Gasteiger partial charge in [0.05, 0.1) is 13.2 Å². The molecule has 0 aliphatic carbocycles. The molecule has 3 rings (SSSR count). The number of halogens is 3. The Labute approximate surface area is 179 Å². The van der Waals surface area contributed by atoms with Gasteiger partial charge in [-0.2, -0.15) is 0 Å². The normalized spacial score (nSPS) is 11.5. The van der Waals surface area contributed by atoms with E-state index in [-0.39, 0.29) is 28.5 Å². The molecule has 0 saturated heterocycles. The summed E-state index contributed by atoms with van der Waals surface area (Å²) in [5, 5.41) is 13.6. The fraction of sp³-hybridized carbons (Fsp3) is 0.150. The molecule has 0 bridgehead atoms. The SMILES string of the molecule is COc1ccc(C(=O)N[C@@H](c2ccc(OCF)c(F)c2)c2ncccc2F)nc1[N+](=O)[O-]. The average molecular weight is 448 g/mol. The van der Waals surface area contributed by atoms with E-state index in [0.29, 0.717) is 0 Å². The van der Waals surface area contributed by atoms with Crippen molar-refractivity contribution in [2.24, 2.45) is 0 Å². The van der Waals surface area contributed by atoms with Crippen molar-refractivity contribution in [2.45, 2.75) is 6.04 Å². The summed E-state index contributed by atoms with van der Waals surface area (Å²) >= 11 is 0. The van der Waals surface area contributed by atoms with Gasteiger partial charge in [-0.25, -0.2) is 13.2 Å². The average Bonchev–Trinajstić information content (AvgIpc) is 2.79. The molecule has 9 nitrogen and oxygen atoms in total. The summed E-state index contributed by atoms with van der Waals surface area (Å²) < 4.78 is 50.4. The highest BCUT2D eigenvalue weighted by molar-refractivity contribution is 5.93. The number of alkyl halides is 1. The van der Waals surface area contributed by atoms with Crippen LogP contribution in [0.4, 0.5) is 19.0 Å². The number of nitrogens with zero attached hydrogens (tertiary/aromatic N) is 3. The van der Waals surface area contributed by atoms with Gasteiger partial charge >= 0.3 is 5.82 Å². The molecule has 2 aromatic heterocycles. The Hall–Kier alpha value is -4.22. The van der Waals surface area contributed by atoms with Gasteiger partial charge in [0, 0.05) is 6.20 Å². The molecule has 0 fully saturated rings. The minimum absolute atomic E-state index is 0.0580. The molecule has 1 amide bonds. The number of benzene rings is 1. The highest BCUT2D eigenvalue weighted by Crippen LogP contribution is 2.28. The van der Waals surface area contributed by atoms with E-state index in [9.17, 15) is 28.1 Å². The van der Waals surface area contributed by atoms with E-state index in [4.69, 9.17) is 4.74 Å². The van der Waals surface area contributed by atoms with Crippen LogP contribution >= 0.6 is 0 Å². The van der Waals surface area contributed by atoms with Gasteiger partial charge in [0.1, 0.15) is 11.5 Å². The van der Waals surface area contributed by atoms with Crippen LogP contribution in [-0.2, 0) is 0 Å². The summed E-state index contributed by atoms with van der Waals surface area (Å²) in [5.74, 6) is -3.90. The van der Waals surface area contributed by atoms with E-state index in [2.05, 4.69) is 20.0 Å². The fourth-order valence-corrected chi connectivity index (χ4v) is 2.85. The van der Waals surface area contributed by atoms with Crippen LogP contribution in [0.5, 0.6) is 11.5 Å². The first-order valence-corrected chi connectivity index (χ1v) is 8.94. The predicted octanol–water partition coefficient (Wildman–Crippen LogP) is 3.50. The molecule has 1 N–H and O–H groups in total. The van der Waals surface area contributed by atoms with Gasteiger partial charge in [-0.1, -0.05) is 6.07 Å². The first-order valence-electron chi connectivity index (χ1n) is 8.94. The molecule has 0 aliphatic heterocycles. The molecule has 32 heavy (non-hydrogen) atoms. The summed E-state index contributed by atoms with van der Waals surface area (Å²) in [6, 6.07) is 6.79. The van der Waals surface area contributed by atoms with E-state index in [1.165, 1.54) is 37.6 Å². The number of ether oxygens (including phenoxy) is 2. The maximum absolute atomic E-state index is 14.4. The summed E-state index contributed by atoms with van der Waals surface area (Å²) in [5.41, 5.74) is -0.554. The number of carbonyl (C=O) groups excluding carboxylic acids is 1. The number of carbonyl (C=O) groups is 1. The maximum Gasteiger partial charge on any atom is 0.406 e. The van der Waals surface area contributed by atoms with Gasteiger partial charge in [0.15, 0.2) is 11.6 Å². The number of amides is 1. The highest BCUT2D eigenvalue weighted by Gasteiger charge is 2.27. The standard InChI is InChI=1S/C20H15F3N4O5/c1-31-16-7-5-14(25-19(16)27(29)30)20(28)26-17(18-12(22)3-2-8-24-18)11-4-6-15(32-10-21)13(23)9-11/h2-9,17H,10H2,1H3,(H,26,28)/t17-/m0/s1. The second kappa shape index (κ2) is 9.73. The lowest BCUT2D eigenvalue weighted by atomic mass is 10.0. The Balaban J connectivity index is 2.01. The van der Waals surface area contributed by atoms with Crippen molar-refractivity contribution in [1.82, 2.24) is 15.3 Å². The summed E-state index contributed by atoms with van der Waals surface area (Å²) in [4.78, 5) is 30.7. The molecular weight excluding hydrogens is 433 g/mol. The van der Waals surface area contributed by atoms with Crippen LogP contribution in [0, 0.1) is 21.7 Å². The van der Waals surface area contributed by atoms with Gasteiger partial charge in [0.2, 0.25) is 18.3 Å². The first kappa shape index (κ1) is 22.5. The lowest BCUT2D eigenvalue weighted by molar-refractivity contribution is -0.390. The van der Waals surface area contributed by atoms with E-state index in [1.807, 2.05) is 0 Å². The summed E-state index contributed by atoms with van der Waals surface area (Å²) in [6.07, 6.45) is 1.27. The number of nitrogens with one attached hydrogen (secondary N) is 1. The van der Waals surface area contributed by atoms with Crippen LogP contribution in [0.15, 0.2) is 48.7 Å². The molecule has 12 heteroatoms. The van der Waals surface area contributed by atoms with Crippen LogP contribution in [-0.4, -0.2) is 34.8 Å². The Morgan fingerprint density at radius 2 is 1.94 bits per heavy atom. The minimum atomic E-state index is -1.31. The van der Waals surface area contributed by atoms with Crippen LogP contribution in [0.3, 0.4) is 0 Å². The van der Waals surface area contributed by atoms with Gasteiger partial charge in [-0.15, -0.1) is 0 Å². The van der Waals surface area contributed by atoms with E-state index < -0.39 is 41.2 Å². The monoisotopic (exact) mass is 448 g/mol. The first-order chi connectivity index (χ1) is 15.3. The van der Waals surface area contributed by atoms with Crippen molar-refractivity contribution < 1.29 is 32.4 Å². The third-order valence-electron chi connectivity index (χ3n) is 4.30. The molecule has 1 aromatic carbocycles. The van der Waals surface area contributed by atoms with Crippen molar-refractivity contribution in [1.29, 1.82) is 0 Å². The second-order valence-electron chi connectivity index (χ2n) is 6.20. The topological polar surface area (TPSA) is 116 Å². The second-order valence-corrected chi connectivity index (χ2v) is 6.20. The smallest absolute Gasteiger partial charge is 0.406 e. The number of hydrogen-bond donors (Lipinski definition) is 1. The van der Waals surface area contributed by atoms with Crippen molar-refractivity contribution in [3.63, 3.8) is 0 Å². The number of aromatic nitrogens is 2. The number of hydrogen-bond acceptors (Lipinski definition) is 7. The van der Waals surface area contributed by atoms with Crippen molar-refractivity contribution in [3.8, 4) is 11.5 Å². The van der Waals surface area contributed by atoms with Crippen LogP contribution in [0.25, 0.3) is 0 Å². The largest absolute Gasteiger partial charge is 0.489 e. The Morgan fingerprint density at radius 3 is 2.56 bits per heavy atom. The third kappa shape index (κ3) is 4.74.